The lowest BCUT2D eigenvalue weighted by Crippen LogP contribution is -2.22. The second-order valence-corrected chi connectivity index (χ2v) is 5.31. The zero-order chi connectivity index (χ0) is 13.8. The molecule has 1 heterocycles. The van der Waals surface area contributed by atoms with Crippen molar-refractivity contribution in [2.75, 3.05) is 0 Å². The number of unbranched alkanes of at least 4 members (excludes halogenated alkanes) is 5. The maximum atomic E-state index is 4.04. The van der Waals surface area contributed by atoms with Crippen molar-refractivity contribution in [2.45, 2.75) is 57.9 Å². The van der Waals surface area contributed by atoms with Crippen molar-refractivity contribution in [3.05, 3.63) is 47.6 Å². The molecule has 19 heavy (non-hydrogen) atoms. The first-order valence-electron chi connectivity index (χ1n) is 7.47. The summed E-state index contributed by atoms with van der Waals surface area (Å²) in [6.07, 6.45) is 22.1. The molecule has 0 bridgehead atoms. The van der Waals surface area contributed by atoms with E-state index in [9.17, 15) is 0 Å². The summed E-state index contributed by atoms with van der Waals surface area (Å²) >= 11 is 4.04. The number of hydrogen-bond donors (Lipinski definition) is 2. The molecule has 0 spiro atoms. The third kappa shape index (κ3) is 7.99. The van der Waals surface area contributed by atoms with E-state index in [1.165, 1.54) is 50.5 Å². The molecule has 0 amide bonds. The highest BCUT2D eigenvalue weighted by atomic mass is 32.1. The Labute approximate surface area is 124 Å². The molecule has 1 atom stereocenters. The Morgan fingerprint density at radius 2 is 1.95 bits per heavy atom. The third-order valence-corrected chi connectivity index (χ3v) is 3.49. The topological polar surface area (TPSA) is 12.0 Å². The highest BCUT2D eigenvalue weighted by Crippen LogP contribution is 2.15. The fourth-order valence-corrected chi connectivity index (χ4v) is 2.32. The summed E-state index contributed by atoms with van der Waals surface area (Å²) in [5, 5.41) is 5.07. The van der Waals surface area contributed by atoms with E-state index in [1.807, 2.05) is 12.2 Å². The lowest BCUT2D eigenvalue weighted by molar-refractivity contribution is 0.606. The highest BCUT2D eigenvalue weighted by Gasteiger charge is 2.04. The standard InChI is InChI=1S/C17H27NS/c1-2-3-4-5-6-7-10-16-12-13-18-17(15-16)11-8-9-14-19/h8-9,11-15,17-19H,2-7,10H2,1H3/b11-8+,14-9-. The number of nitrogens with one attached hydrogen (secondary N) is 1. The van der Waals surface area contributed by atoms with Gasteiger partial charge in [0, 0.05) is 0 Å². The molecular formula is C17H27NS. The van der Waals surface area contributed by atoms with Gasteiger partial charge in [0.1, 0.15) is 0 Å². The minimum atomic E-state index is 0.324. The van der Waals surface area contributed by atoms with Crippen molar-refractivity contribution < 1.29 is 0 Å². The fraction of sp³-hybridized carbons (Fsp3) is 0.529. The van der Waals surface area contributed by atoms with Crippen LogP contribution >= 0.6 is 12.6 Å². The molecule has 1 aliphatic heterocycles. The number of thiol groups is 1. The molecule has 0 aromatic carbocycles. The van der Waals surface area contributed by atoms with Crippen LogP contribution < -0.4 is 5.32 Å². The van der Waals surface area contributed by atoms with Crippen LogP contribution in [-0.4, -0.2) is 6.04 Å². The predicted octanol–water partition coefficient (Wildman–Crippen LogP) is 5.15. The van der Waals surface area contributed by atoms with Gasteiger partial charge in [-0.2, -0.15) is 12.6 Å². The first-order valence-corrected chi connectivity index (χ1v) is 7.99. The summed E-state index contributed by atoms with van der Waals surface area (Å²) in [6, 6.07) is 0.324. The molecule has 0 saturated heterocycles. The Morgan fingerprint density at radius 3 is 2.74 bits per heavy atom. The van der Waals surface area contributed by atoms with Crippen LogP contribution in [0.5, 0.6) is 0 Å². The van der Waals surface area contributed by atoms with Gasteiger partial charge in [-0.1, -0.05) is 63.3 Å². The maximum absolute atomic E-state index is 4.04. The van der Waals surface area contributed by atoms with E-state index in [4.69, 9.17) is 0 Å². The lowest BCUT2D eigenvalue weighted by Gasteiger charge is -2.15. The van der Waals surface area contributed by atoms with Crippen LogP contribution in [0.4, 0.5) is 0 Å². The fourth-order valence-electron chi connectivity index (χ4n) is 2.22. The van der Waals surface area contributed by atoms with E-state index >= 15 is 0 Å². The molecule has 0 fully saturated rings. The summed E-state index contributed by atoms with van der Waals surface area (Å²) in [4.78, 5) is 0. The van der Waals surface area contributed by atoms with E-state index in [0.717, 1.165) is 0 Å². The van der Waals surface area contributed by atoms with Gasteiger partial charge in [0.2, 0.25) is 0 Å². The van der Waals surface area contributed by atoms with Gasteiger partial charge in [0.15, 0.2) is 0 Å². The molecule has 1 rings (SSSR count). The largest absolute Gasteiger partial charge is 0.381 e. The van der Waals surface area contributed by atoms with Gasteiger partial charge < -0.3 is 5.32 Å². The SMILES string of the molecule is CCCCCCCCC1=CC(/C=C/C=C\S)NC=C1. The summed E-state index contributed by atoms with van der Waals surface area (Å²) in [7, 11) is 0. The van der Waals surface area contributed by atoms with E-state index in [0.29, 0.717) is 6.04 Å². The molecule has 0 radical (unpaired) electrons. The van der Waals surface area contributed by atoms with Crippen molar-refractivity contribution in [1.29, 1.82) is 0 Å². The summed E-state index contributed by atoms with van der Waals surface area (Å²) in [6.45, 7) is 2.27. The van der Waals surface area contributed by atoms with Crippen LogP contribution in [0.15, 0.2) is 47.6 Å². The molecule has 1 nitrogen and oxygen atoms in total. The molecule has 106 valence electrons. The van der Waals surface area contributed by atoms with Crippen molar-refractivity contribution in [1.82, 2.24) is 5.32 Å². The summed E-state index contributed by atoms with van der Waals surface area (Å²) in [5.74, 6) is 0. The van der Waals surface area contributed by atoms with Crippen LogP contribution in [-0.2, 0) is 0 Å². The molecule has 0 aromatic rings. The summed E-state index contributed by atoms with van der Waals surface area (Å²) in [5.41, 5.74) is 1.46. The second kappa shape index (κ2) is 11.0. The van der Waals surface area contributed by atoms with Gasteiger partial charge in [-0.3, -0.25) is 0 Å². The molecule has 1 aliphatic rings. The zero-order valence-electron chi connectivity index (χ0n) is 12.0. The van der Waals surface area contributed by atoms with Crippen LogP contribution in [0.25, 0.3) is 0 Å². The molecule has 1 unspecified atom stereocenters. The Balaban J connectivity index is 2.22. The number of hydrogen-bond acceptors (Lipinski definition) is 2. The molecule has 1 N–H and O–H groups in total. The number of rotatable bonds is 9. The number of allylic oxidation sites excluding steroid dienone is 4. The first-order chi connectivity index (χ1) is 9.36. The predicted molar refractivity (Wildman–Crippen MR) is 89.4 cm³/mol. The van der Waals surface area contributed by atoms with Crippen LogP contribution in [0, 0.1) is 0 Å². The van der Waals surface area contributed by atoms with E-state index in [-0.39, 0.29) is 0 Å². The Kier molecular flexibility index (Phi) is 9.34. The van der Waals surface area contributed by atoms with Crippen LogP contribution in [0.1, 0.15) is 51.9 Å². The van der Waals surface area contributed by atoms with Crippen molar-refractivity contribution in [2.24, 2.45) is 0 Å². The molecular weight excluding hydrogens is 250 g/mol. The Morgan fingerprint density at radius 1 is 1.16 bits per heavy atom. The monoisotopic (exact) mass is 277 g/mol. The molecule has 0 aromatic heterocycles. The van der Waals surface area contributed by atoms with E-state index in [2.05, 4.69) is 49.3 Å². The second-order valence-electron chi connectivity index (χ2n) is 5.01. The highest BCUT2D eigenvalue weighted by molar-refractivity contribution is 7.83. The minimum absolute atomic E-state index is 0.324. The smallest absolute Gasteiger partial charge is 0.0631 e. The zero-order valence-corrected chi connectivity index (χ0v) is 12.9. The van der Waals surface area contributed by atoms with Crippen LogP contribution in [0.2, 0.25) is 0 Å². The average molecular weight is 277 g/mol. The normalized spacial score (nSPS) is 19.1. The Hall–Kier alpha value is -0.890. The molecule has 2 heteroatoms. The summed E-state index contributed by atoms with van der Waals surface area (Å²) < 4.78 is 0. The number of dihydropyridines is 1. The van der Waals surface area contributed by atoms with E-state index < -0.39 is 0 Å². The van der Waals surface area contributed by atoms with Crippen molar-refractivity contribution in [3.8, 4) is 0 Å². The molecule has 0 aliphatic carbocycles. The van der Waals surface area contributed by atoms with Crippen LogP contribution in [0.3, 0.4) is 0 Å². The lowest BCUT2D eigenvalue weighted by atomic mass is 10.0. The van der Waals surface area contributed by atoms with Gasteiger partial charge >= 0.3 is 0 Å². The van der Waals surface area contributed by atoms with Crippen molar-refractivity contribution >= 4 is 12.6 Å². The van der Waals surface area contributed by atoms with Gasteiger partial charge in [0.25, 0.3) is 0 Å². The van der Waals surface area contributed by atoms with Gasteiger partial charge in [-0.15, -0.1) is 0 Å². The third-order valence-electron chi connectivity index (χ3n) is 3.31. The maximum Gasteiger partial charge on any atom is 0.0631 e. The minimum Gasteiger partial charge on any atom is -0.381 e. The van der Waals surface area contributed by atoms with Crippen molar-refractivity contribution in [3.63, 3.8) is 0 Å². The van der Waals surface area contributed by atoms with Gasteiger partial charge in [-0.25, -0.2) is 0 Å². The quantitative estimate of drug-likeness (QED) is 0.337. The van der Waals surface area contributed by atoms with E-state index in [1.54, 1.807) is 5.41 Å². The Bertz CT molecular complexity index is 339. The molecule has 0 saturated carbocycles. The van der Waals surface area contributed by atoms with Gasteiger partial charge in [-0.05, 0) is 36.1 Å². The average Bonchev–Trinajstić information content (AvgIpc) is 2.43. The first kappa shape index (κ1) is 16.2. The van der Waals surface area contributed by atoms with Gasteiger partial charge in [0.05, 0.1) is 6.04 Å².